The minimum absolute atomic E-state index is 0.144. The first-order valence-electron chi connectivity index (χ1n) is 10.6. The number of amides is 1. The van der Waals surface area contributed by atoms with Crippen LogP contribution in [0.4, 0.5) is 0 Å². The fraction of sp³-hybridized carbons (Fsp3) is 0.478. The predicted molar refractivity (Wildman–Crippen MR) is 108 cm³/mol. The van der Waals surface area contributed by atoms with Crippen LogP contribution in [0.15, 0.2) is 45.9 Å². The Kier molecular flexibility index (Phi) is 3.61. The lowest BCUT2D eigenvalue weighted by molar-refractivity contribution is -0.160. The summed E-state index contributed by atoms with van der Waals surface area (Å²) in [6, 6.07) is 12.4. The van der Waals surface area contributed by atoms with Gasteiger partial charge in [-0.3, -0.25) is 4.79 Å². The molecule has 1 aliphatic carbocycles. The molecule has 1 aromatic heterocycles. The number of nitrogens with zero attached hydrogens (tertiary/aromatic N) is 3. The molecule has 2 aromatic rings. The molecule has 0 bridgehead atoms. The third-order valence-corrected chi connectivity index (χ3v) is 6.71. The van der Waals surface area contributed by atoms with Gasteiger partial charge in [-0.1, -0.05) is 18.2 Å². The number of hydrogen-bond donors (Lipinski definition) is 0. The minimum Gasteiger partial charge on any atom is -0.466 e. The molecule has 6 nitrogen and oxygen atoms in total. The maximum absolute atomic E-state index is 12.5. The van der Waals surface area contributed by atoms with Gasteiger partial charge in [-0.25, -0.2) is 5.01 Å². The first-order chi connectivity index (χ1) is 14.1. The number of rotatable bonds is 2. The van der Waals surface area contributed by atoms with E-state index in [-0.39, 0.29) is 12.0 Å². The smallest absolute Gasteiger partial charge is 0.225 e. The average Bonchev–Trinajstić information content (AvgIpc) is 3.33. The van der Waals surface area contributed by atoms with Gasteiger partial charge in [-0.05, 0) is 38.0 Å². The summed E-state index contributed by atoms with van der Waals surface area (Å²) in [4.78, 5) is 14.6. The lowest BCUT2D eigenvalue weighted by atomic mass is 9.91. The van der Waals surface area contributed by atoms with Gasteiger partial charge < -0.3 is 14.1 Å². The minimum atomic E-state index is -0.497. The number of hydrazone groups is 1. The monoisotopic (exact) mass is 391 g/mol. The molecular formula is C23H25N3O3. The Morgan fingerprint density at radius 1 is 1.14 bits per heavy atom. The van der Waals surface area contributed by atoms with Gasteiger partial charge in [0.2, 0.25) is 11.6 Å². The van der Waals surface area contributed by atoms with Gasteiger partial charge in [0.1, 0.15) is 23.0 Å². The Morgan fingerprint density at radius 2 is 1.93 bits per heavy atom. The molecule has 4 aliphatic rings. The lowest BCUT2D eigenvalue weighted by Gasteiger charge is -2.51. The lowest BCUT2D eigenvalue weighted by Crippen LogP contribution is -2.59. The topological polar surface area (TPSA) is 58.3 Å². The van der Waals surface area contributed by atoms with E-state index in [1.165, 1.54) is 5.56 Å². The highest BCUT2D eigenvalue weighted by Crippen LogP contribution is 2.50. The Labute approximate surface area is 170 Å². The number of piperidine rings is 1. The highest BCUT2D eigenvalue weighted by Gasteiger charge is 2.53. The Balaban J connectivity index is 1.34. The van der Waals surface area contributed by atoms with Crippen molar-refractivity contribution in [3.8, 4) is 5.75 Å². The number of likely N-dealkylation sites (tertiary alicyclic amines) is 1. The zero-order valence-electron chi connectivity index (χ0n) is 16.6. The number of para-hydroxylation sites is 1. The molecule has 29 heavy (non-hydrogen) atoms. The van der Waals surface area contributed by atoms with Crippen molar-refractivity contribution in [2.75, 3.05) is 13.1 Å². The maximum Gasteiger partial charge on any atom is 0.225 e. The van der Waals surface area contributed by atoms with Gasteiger partial charge in [-0.2, -0.15) is 5.10 Å². The zero-order chi connectivity index (χ0) is 19.6. The van der Waals surface area contributed by atoms with Crippen molar-refractivity contribution < 1.29 is 13.9 Å². The fourth-order valence-corrected chi connectivity index (χ4v) is 4.96. The molecule has 1 spiro atoms. The van der Waals surface area contributed by atoms with E-state index in [1.54, 1.807) is 0 Å². The summed E-state index contributed by atoms with van der Waals surface area (Å²) in [6.07, 6.45) is 4.44. The van der Waals surface area contributed by atoms with Crippen LogP contribution >= 0.6 is 0 Å². The van der Waals surface area contributed by atoms with Crippen LogP contribution in [-0.2, 0) is 4.79 Å². The molecule has 6 heteroatoms. The van der Waals surface area contributed by atoms with Crippen molar-refractivity contribution in [3.63, 3.8) is 0 Å². The largest absolute Gasteiger partial charge is 0.466 e. The van der Waals surface area contributed by atoms with Crippen LogP contribution < -0.4 is 4.74 Å². The average molecular weight is 391 g/mol. The van der Waals surface area contributed by atoms with Crippen LogP contribution in [0, 0.1) is 12.8 Å². The molecule has 2 fully saturated rings. The van der Waals surface area contributed by atoms with E-state index in [1.807, 2.05) is 30.0 Å². The van der Waals surface area contributed by atoms with Crippen LogP contribution in [0.25, 0.3) is 0 Å². The van der Waals surface area contributed by atoms with Gasteiger partial charge >= 0.3 is 0 Å². The Hall–Kier alpha value is -2.76. The fourth-order valence-electron chi connectivity index (χ4n) is 4.96. The second kappa shape index (κ2) is 6.12. The quantitative estimate of drug-likeness (QED) is 0.780. The van der Waals surface area contributed by atoms with Gasteiger partial charge in [0.25, 0.3) is 0 Å². The van der Waals surface area contributed by atoms with Crippen molar-refractivity contribution in [3.05, 3.63) is 53.5 Å². The standard InChI is InChI=1S/C23H25N3O3/c1-15-6-9-21(28-15)18-14-19-17-4-2-3-5-20(17)29-23(26(19)24-18)10-12-25(13-11-23)22(27)16-7-8-16/h2-6,9,16,19H,7-8,10-14H2,1H3/t19-/m1/s1. The number of carbonyl (C=O) groups excluding carboxylic acids is 1. The molecule has 150 valence electrons. The number of hydrogen-bond acceptors (Lipinski definition) is 5. The van der Waals surface area contributed by atoms with Crippen LogP contribution in [-0.4, -0.2) is 40.3 Å². The first kappa shape index (κ1) is 17.1. The summed E-state index contributed by atoms with van der Waals surface area (Å²) in [5.74, 6) is 3.27. The molecule has 1 saturated carbocycles. The normalized spacial score (nSPS) is 24.7. The van der Waals surface area contributed by atoms with Gasteiger partial charge in [0.05, 0.1) is 6.04 Å². The van der Waals surface area contributed by atoms with Gasteiger partial charge in [0, 0.05) is 43.8 Å². The van der Waals surface area contributed by atoms with E-state index in [0.717, 1.165) is 68.2 Å². The van der Waals surface area contributed by atoms with Crippen LogP contribution in [0.1, 0.15) is 55.2 Å². The summed E-state index contributed by atoms with van der Waals surface area (Å²) in [6.45, 7) is 3.41. The number of benzene rings is 1. The van der Waals surface area contributed by atoms with E-state index < -0.39 is 5.72 Å². The Morgan fingerprint density at radius 3 is 2.66 bits per heavy atom. The predicted octanol–water partition coefficient (Wildman–Crippen LogP) is 3.86. The summed E-state index contributed by atoms with van der Waals surface area (Å²) in [5.41, 5.74) is 1.65. The SMILES string of the molecule is Cc1ccc(C2=NN3[C@H](C2)c2ccccc2OC32CCN(C(=O)C3CC3)CC2)o1. The molecule has 4 heterocycles. The van der Waals surface area contributed by atoms with Crippen molar-refractivity contribution in [1.29, 1.82) is 0 Å². The number of fused-ring (bicyclic) bond motifs is 4. The summed E-state index contributed by atoms with van der Waals surface area (Å²) in [7, 11) is 0. The summed E-state index contributed by atoms with van der Waals surface area (Å²) in [5, 5.41) is 7.18. The van der Waals surface area contributed by atoms with Crippen molar-refractivity contribution in [2.24, 2.45) is 11.0 Å². The second-order valence-corrected chi connectivity index (χ2v) is 8.71. The molecule has 1 aromatic carbocycles. The van der Waals surface area contributed by atoms with E-state index in [2.05, 4.69) is 23.2 Å². The van der Waals surface area contributed by atoms with E-state index in [0.29, 0.717) is 5.91 Å². The number of furan rings is 1. The molecule has 0 unspecified atom stereocenters. The van der Waals surface area contributed by atoms with Crippen LogP contribution in [0.2, 0.25) is 0 Å². The van der Waals surface area contributed by atoms with E-state index in [4.69, 9.17) is 14.3 Å². The maximum atomic E-state index is 12.5. The number of aryl methyl sites for hydroxylation is 1. The van der Waals surface area contributed by atoms with E-state index in [9.17, 15) is 4.79 Å². The second-order valence-electron chi connectivity index (χ2n) is 8.71. The highest BCUT2D eigenvalue weighted by atomic mass is 16.5. The van der Waals surface area contributed by atoms with Crippen molar-refractivity contribution >= 4 is 11.6 Å². The molecule has 6 rings (SSSR count). The molecule has 0 radical (unpaired) electrons. The van der Waals surface area contributed by atoms with E-state index >= 15 is 0 Å². The van der Waals surface area contributed by atoms with Crippen molar-refractivity contribution in [1.82, 2.24) is 9.91 Å². The third-order valence-electron chi connectivity index (χ3n) is 6.71. The number of carbonyl (C=O) groups is 1. The van der Waals surface area contributed by atoms with Gasteiger partial charge in [0.15, 0.2) is 0 Å². The van der Waals surface area contributed by atoms with Crippen molar-refractivity contribution in [2.45, 2.75) is 50.8 Å². The molecule has 0 N–H and O–H groups in total. The first-order valence-corrected chi connectivity index (χ1v) is 10.6. The molecule has 3 aliphatic heterocycles. The third kappa shape index (κ3) is 2.69. The van der Waals surface area contributed by atoms with Crippen LogP contribution in [0.5, 0.6) is 5.75 Å². The van der Waals surface area contributed by atoms with Crippen LogP contribution in [0.3, 0.4) is 0 Å². The number of ether oxygens (including phenoxy) is 1. The highest BCUT2D eigenvalue weighted by molar-refractivity contribution is 5.99. The zero-order valence-corrected chi connectivity index (χ0v) is 16.6. The Bertz CT molecular complexity index is 998. The molecule has 1 atom stereocenters. The molecule has 1 amide bonds. The molecular weight excluding hydrogens is 366 g/mol. The summed E-state index contributed by atoms with van der Waals surface area (Å²) < 4.78 is 12.5. The van der Waals surface area contributed by atoms with Gasteiger partial charge in [-0.15, -0.1) is 0 Å². The summed E-state index contributed by atoms with van der Waals surface area (Å²) >= 11 is 0. The molecule has 1 saturated heterocycles.